The maximum Gasteiger partial charge on any atom is 0.234 e. The third-order valence-electron chi connectivity index (χ3n) is 3.99. The lowest BCUT2D eigenvalue weighted by molar-refractivity contribution is -0.206. The average Bonchev–Trinajstić information content (AvgIpc) is 2.55. The Hall–Kier alpha value is -2.09. The molecule has 0 unspecified atom stereocenters. The molecule has 0 radical (unpaired) electrons. The van der Waals surface area contributed by atoms with E-state index in [0.717, 1.165) is 11.1 Å². The molecule has 0 aliphatic carbocycles. The second kappa shape index (κ2) is 5.96. The van der Waals surface area contributed by atoms with Crippen molar-refractivity contribution >= 4 is 12.2 Å². The van der Waals surface area contributed by atoms with Gasteiger partial charge in [0.2, 0.25) is 6.71 Å². The number of nitrogens with zero attached hydrogens (tertiary/aromatic N) is 1. The number of benzene rings is 2. The maximum atomic E-state index is 8.84. The lowest BCUT2D eigenvalue weighted by Crippen LogP contribution is -2.50. The van der Waals surface area contributed by atoms with E-state index in [4.69, 9.17) is 14.7 Å². The van der Waals surface area contributed by atoms with E-state index >= 15 is 0 Å². The van der Waals surface area contributed by atoms with Crippen LogP contribution in [0, 0.1) is 11.3 Å². The van der Waals surface area contributed by atoms with Crippen LogP contribution in [0.3, 0.4) is 0 Å². The fourth-order valence-electron chi connectivity index (χ4n) is 2.57. The fourth-order valence-corrected chi connectivity index (χ4v) is 2.57. The van der Waals surface area contributed by atoms with Crippen LogP contribution in [0.1, 0.15) is 19.4 Å². The van der Waals surface area contributed by atoms with E-state index < -0.39 is 5.79 Å². The summed E-state index contributed by atoms with van der Waals surface area (Å²) in [7, 11) is 0. The van der Waals surface area contributed by atoms with Gasteiger partial charge in [0, 0.05) is 13.0 Å². The molecule has 1 aliphatic heterocycles. The zero-order chi connectivity index (χ0) is 15.6. The zero-order valence-corrected chi connectivity index (χ0v) is 12.9. The van der Waals surface area contributed by atoms with Gasteiger partial charge in [0.05, 0.1) is 11.6 Å². The summed E-state index contributed by atoms with van der Waals surface area (Å²) >= 11 is 0. The maximum absolute atomic E-state index is 8.84. The van der Waals surface area contributed by atoms with E-state index in [0.29, 0.717) is 18.6 Å². The molecule has 1 saturated heterocycles. The van der Waals surface area contributed by atoms with Gasteiger partial charge in [-0.2, -0.15) is 5.26 Å². The highest BCUT2D eigenvalue weighted by Crippen LogP contribution is 2.20. The van der Waals surface area contributed by atoms with Crippen LogP contribution in [0.5, 0.6) is 0 Å². The van der Waals surface area contributed by atoms with Crippen molar-refractivity contribution < 1.29 is 9.47 Å². The molecule has 0 bridgehead atoms. The Kier molecular flexibility index (Phi) is 4.02. The highest BCUT2D eigenvalue weighted by atomic mass is 16.7. The van der Waals surface area contributed by atoms with Gasteiger partial charge in [-0.15, -0.1) is 0 Å². The first kappa shape index (κ1) is 14.8. The van der Waals surface area contributed by atoms with E-state index in [1.54, 1.807) is 0 Å². The van der Waals surface area contributed by atoms with Gasteiger partial charge in [-0.1, -0.05) is 41.9 Å². The van der Waals surface area contributed by atoms with Crippen molar-refractivity contribution in [2.45, 2.75) is 19.6 Å². The second-order valence-electron chi connectivity index (χ2n) is 6.03. The smallest absolute Gasteiger partial charge is 0.234 e. The third-order valence-corrected chi connectivity index (χ3v) is 3.99. The molecule has 0 aromatic heterocycles. The lowest BCUT2D eigenvalue weighted by atomic mass is 9.46. The summed E-state index contributed by atoms with van der Waals surface area (Å²) in [5.41, 5.74) is 4.17. The molecule has 1 fully saturated rings. The first-order chi connectivity index (χ1) is 10.6. The van der Waals surface area contributed by atoms with Crippen LogP contribution in [-0.4, -0.2) is 25.5 Å². The highest BCUT2D eigenvalue weighted by Gasteiger charge is 2.31. The van der Waals surface area contributed by atoms with Gasteiger partial charge >= 0.3 is 0 Å². The Bertz CT molecular complexity index is 677. The molecule has 0 amide bonds. The molecule has 110 valence electrons. The van der Waals surface area contributed by atoms with Crippen molar-refractivity contribution in [3.63, 3.8) is 0 Å². The molecule has 3 rings (SSSR count). The van der Waals surface area contributed by atoms with E-state index in [1.165, 1.54) is 5.46 Å². The van der Waals surface area contributed by atoms with Crippen LogP contribution in [0.4, 0.5) is 0 Å². The summed E-state index contributed by atoms with van der Waals surface area (Å²) in [4.78, 5) is 0. The molecule has 1 heterocycles. The van der Waals surface area contributed by atoms with E-state index in [-0.39, 0.29) is 6.71 Å². The molecule has 22 heavy (non-hydrogen) atoms. The quantitative estimate of drug-likeness (QED) is 0.799. The number of ether oxygens (including phenoxy) is 2. The van der Waals surface area contributed by atoms with E-state index in [9.17, 15) is 0 Å². The summed E-state index contributed by atoms with van der Waals surface area (Å²) in [5, 5.41) is 8.84. The molecule has 0 atom stereocenters. The summed E-state index contributed by atoms with van der Waals surface area (Å²) in [6.07, 6.45) is 0. The average molecular weight is 291 g/mol. The minimum Gasteiger partial charge on any atom is -0.358 e. The van der Waals surface area contributed by atoms with Gasteiger partial charge in [0.25, 0.3) is 0 Å². The largest absolute Gasteiger partial charge is 0.358 e. The van der Waals surface area contributed by atoms with Crippen LogP contribution < -0.4 is 5.46 Å². The van der Waals surface area contributed by atoms with Crippen LogP contribution in [0.2, 0.25) is 0 Å². The predicted octanol–water partition coefficient (Wildman–Crippen LogP) is 2.79. The van der Waals surface area contributed by atoms with Crippen LogP contribution in [0.15, 0.2) is 48.5 Å². The van der Waals surface area contributed by atoms with Crippen molar-refractivity contribution in [2.75, 3.05) is 13.0 Å². The first-order valence-electron chi connectivity index (χ1n) is 7.46. The second-order valence-corrected chi connectivity index (χ2v) is 6.03. The van der Waals surface area contributed by atoms with Crippen molar-refractivity contribution in [3.05, 3.63) is 54.1 Å². The number of rotatable bonds is 2. The van der Waals surface area contributed by atoms with Gasteiger partial charge < -0.3 is 9.47 Å². The summed E-state index contributed by atoms with van der Waals surface area (Å²) in [6.45, 7) is 5.53. The Morgan fingerprint density at radius 2 is 1.41 bits per heavy atom. The molecular formula is C18H18BNO2. The normalized spacial score (nSPS) is 17.0. The Balaban J connectivity index is 1.74. The minimum atomic E-state index is -0.473. The van der Waals surface area contributed by atoms with E-state index in [2.05, 4.69) is 30.3 Å². The highest BCUT2D eigenvalue weighted by molar-refractivity contribution is 6.73. The Morgan fingerprint density at radius 3 is 1.91 bits per heavy atom. The molecule has 2 aromatic carbocycles. The molecular weight excluding hydrogens is 273 g/mol. The van der Waals surface area contributed by atoms with Crippen LogP contribution in [0.25, 0.3) is 11.1 Å². The van der Waals surface area contributed by atoms with Crippen LogP contribution in [-0.2, 0) is 9.47 Å². The van der Waals surface area contributed by atoms with Crippen molar-refractivity contribution in [3.8, 4) is 17.2 Å². The molecule has 0 N–H and O–H groups in total. The predicted molar refractivity (Wildman–Crippen MR) is 88.0 cm³/mol. The number of hydrogen-bond acceptors (Lipinski definition) is 3. The molecule has 1 aliphatic rings. The van der Waals surface area contributed by atoms with Gasteiger partial charge in [-0.3, -0.25) is 0 Å². The Morgan fingerprint density at radius 1 is 0.909 bits per heavy atom. The topological polar surface area (TPSA) is 42.2 Å². The van der Waals surface area contributed by atoms with Crippen molar-refractivity contribution in [1.82, 2.24) is 0 Å². The molecule has 0 spiro atoms. The molecule has 3 nitrogen and oxygen atoms in total. The van der Waals surface area contributed by atoms with Gasteiger partial charge in [-0.25, -0.2) is 0 Å². The monoisotopic (exact) mass is 291 g/mol. The Labute approximate surface area is 131 Å². The molecule has 0 saturated carbocycles. The summed E-state index contributed by atoms with van der Waals surface area (Å²) in [6, 6.07) is 18.2. The lowest BCUT2D eigenvalue weighted by Gasteiger charge is -2.33. The first-order valence-corrected chi connectivity index (χ1v) is 7.46. The molecule has 2 aromatic rings. The van der Waals surface area contributed by atoms with Gasteiger partial charge in [-0.05, 0) is 37.1 Å². The van der Waals surface area contributed by atoms with Crippen molar-refractivity contribution in [2.24, 2.45) is 0 Å². The number of hydrogen-bond donors (Lipinski definition) is 0. The van der Waals surface area contributed by atoms with Gasteiger partial charge in [0.15, 0.2) is 5.79 Å². The number of nitriles is 1. The fraction of sp³-hybridized carbons (Fsp3) is 0.278. The van der Waals surface area contributed by atoms with Crippen molar-refractivity contribution in [1.29, 1.82) is 5.26 Å². The van der Waals surface area contributed by atoms with Crippen LogP contribution >= 0.6 is 0 Å². The summed E-state index contributed by atoms with van der Waals surface area (Å²) < 4.78 is 11.4. The van der Waals surface area contributed by atoms with E-state index in [1.807, 2.05) is 38.1 Å². The molecule has 4 heteroatoms. The van der Waals surface area contributed by atoms with Gasteiger partial charge in [0.1, 0.15) is 0 Å². The standard InChI is InChI=1S/C18H18BNO2/c1-18(2)21-12-19(13-22-18)17-9-7-16(8-10-17)15-5-3-14(11-20)4-6-15/h3-10H,12-13H2,1-2H3. The summed E-state index contributed by atoms with van der Waals surface area (Å²) in [5.74, 6) is -0.473. The third kappa shape index (κ3) is 3.22. The zero-order valence-electron chi connectivity index (χ0n) is 12.9. The SMILES string of the molecule is CC1(C)OCB(c2ccc(-c3ccc(C#N)cc3)cc2)CO1. The minimum absolute atomic E-state index is 0.281.